The molecule has 0 saturated heterocycles. The van der Waals surface area contributed by atoms with Gasteiger partial charge in [0.15, 0.2) is 0 Å². The smallest absolute Gasteiger partial charge is 0.329 e. The number of anilines is 3. The second-order valence-electron chi connectivity index (χ2n) is 8.63. The van der Waals surface area contributed by atoms with Crippen LogP contribution in [-0.2, 0) is 6.18 Å². The monoisotopic (exact) mass is 498 g/mol. The summed E-state index contributed by atoms with van der Waals surface area (Å²) in [7, 11) is 1.89. The number of nitrogens with one attached hydrogen (secondary N) is 1. The fourth-order valence-electron chi connectivity index (χ4n) is 3.90. The summed E-state index contributed by atoms with van der Waals surface area (Å²) < 4.78 is 40.2. The summed E-state index contributed by atoms with van der Waals surface area (Å²) in [4.78, 5) is 25.1. The molecule has 0 atom stereocenters. The third-order valence-electron chi connectivity index (χ3n) is 5.83. The first-order chi connectivity index (χ1) is 16.5. The van der Waals surface area contributed by atoms with Crippen molar-refractivity contribution in [1.82, 2.24) is 9.97 Å². The van der Waals surface area contributed by atoms with Gasteiger partial charge in [-0.25, -0.2) is 9.97 Å². The SMILES string of the molecule is Cc1nc(N(C)c2ccc(C(C)C)cc2)c2c(C)c(C(=O)Nc3ccccc3C(F)(F)F)sc2n1. The van der Waals surface area contributed by atoms with Gasteiger partial charge in [0, 0.05) is 12.7 Å². The molecule has 35 heavy (non-hydrogen) atoms. The summed E-state index contributed by atoms with van der Waals surface area (Å²) in [5.74, 6) is 0.960. The topological polar surface area (TPSA) is 58.1 Å². The van der Waals surface area contributed by atoms with Gasteiger partial charge in [0.1, 0.15) is 16.5 Å². The number of amides is 1. The number of alkyl halides is 3. The molecule has 1 N–H and O–H groups in total. The van der Waals surface area contributed by atoms with Crippen LogP contribution in [0.5, 0.6) is 0 Å². The number of rotatable bonds is 5. The van der Waals surface area contributed by atoms with Gasteiger partial charge in [-0.15, -0.1) is 11.3 Å². The Hall–Kier alpha value is -3.46. The molecule has 2 aromatic carbocycles. The summed E-state index contributed by atoms with van der Waals surface area (Å²) in [5, 5.41) is 3.14. The van der Waals surface area contributed by atoms with E-state index in [-0.39, 0.29) is 5.69 Å². The summed E-state index contributed by atoms with van der Waals surface area (Å²) in [6, 6.07) is 13.1. The number of thiophene rings is 1. The predicted molar refractivity (Wildman–Crippen MR) is 135 cm³/mol. The van der Waals surface area contributed by atoms with Crippen molar-refractivity contribution in [2.45, 2.75) is 39.8 Å². The van der Waals surface area contributed by atoms with E-state index in [4.69, 9.17) is 0 Å². The number of aromatic nitrogens is 2. The van der Waals surface area contributed by atoms with Crippen LogP contribution in [-0.4, -0.2) is 22.9 Å². The molecule has 2 aromatic heterocycles. The van der Waals surface area contributed by atoms with Crippen LogP contribution in [0.25, 0.3) is 10.2 Å². The maximum atomic E-state index is 13.4. The Balaban J connectivity index is 1.74. The Morgan fingerprint density at radius 3 is 2.31 bits per heavy atom. The standard InChI is InChI=1S/C26H25F3N4OS/c1-14(2)17-10-12-18(13-11-17)33(5)23-21-15(3)22(35-25(21)31-16(4)30-23)24(34)32-20-9-7-6-8-19(20)26(27,28)29/h6-14H,1-5H3,(H,32,34). The van der Waals surface area contributed by atoms with Gasteiger partial charge >= 0.3 is 6.18 Å². The molecule has 1 amide bonds. The Morgan fingerprint density at radius 1 is 1.03 bits per heavy atom. The Morgan fingerprint density at radius 2 is 1.69 bits per heavy atom. The van der Waals surface area contributed by atoms with E-state index in [1.165, 1.54) is 23.8 Å². The number of nitrogens with zero attached hydrogens (tertiary/aromatic N) is 3. The molecular weight excluding hydrogens is 473 g/mol. The van der Waals surface area contributed by atoms with Crippen molar-refractivity contribution in [2.75, 3.05) is 17.3 Å². The van der Waals surface area contributed by atoms with Crippen molar-refractivity contribution >= 4 is 44.7 Å². The molecule has 9 heteroatoms. The average molecular weight is 499 g/mol. The van der Waals surface area contributed by atoms with Gasteiger partial charge in [-0.2, -0.15) is 13.2 Å². The number of para-hydroxylation sites is 1. The first-order valence-corrected chi connectivity index (χ1v) is 11.9. The molecule has 4 rings (SSSR count). The second-order valence-corrected chi connectivity index (χ2v) is 9.63. The third kappa shape index (κ3) is 4.86. The summed E-state index contributed by atoms with van der Waals surface area (Å²) >= 11 is 1.14. The molecule has 0 unspecified atom stereocenters. The Kier molecular flexibility index (Phi) is 6.55. The van der Waals surface area contributed by atoms with E-state index in [9.17, 15) is 18.0 Å². The van der Waals surface area contributed by atoms with E-state index < -0.39 is 17.6 Å². The maximum Gasteiger partial charge on any atom is 0.418 e. The lowest BCUT2D eigenvalue weighted by Crippen LogP contribution is -2.16. The van der Waals surface area contributed by atoms with Crippen LogP contribution in [0.4, 0.5) is 30.4 Å². The van der Waals surface area contributed by atoms with E-state index in [2.05, 4.69) is 41.3 Å². The highest BCUT2D eigenvalue weighted by atomic mass is 32.1. The van der Waals surface area contributed by atoms with Crippen molar-refractivity contribution in [3.05, 3.63) is 75.9 Å². The molecule has 182 valence electrons. The van der Waals surface area contributed by atoms with Crippen molar-refractivity contribution < 1.29 is 18.0 Å². The molecule has 5 nitrogen and oxygen atoms in total. The van der Waals surface area contributed by atoms with Crippen LogP contribution in [0, 0.1) is 13.8 Å². The number of carbonyl (C=O) groups is 1. The molecule has 0 aliphatic heterocycles. The quantitative estimate of drug-likeness (QED) is 0.310. The van der Waals surface area contributed by atoms with Gasteiger partial charge in [0.2, 0.25) is 0 Å². The average Bonchev–Trinajstić information content (AvgIpc) is 3.14. The number of aryl methyl sites for hydroxylation is 2. The number of halogens is 3. The Bertz CT molecular complexity index is 1390. The van der Waals surface area contributed by atoms with Crippen molar-refractivity contribution in [2.24, 2.45) is 0 Å². The molecule has 0 saturated carbocycles. The van der Waals surface area contributed by atoms with E-state index in [1.807, 2.05) is 24.1 Å². The summed E-state index contributed by atoms with van der Waals surface area (Å²) in [6.07, 6.45) is -4.58. The number of fused-ring (bicyclic) bond motifs is 1. The molecule has 0 aliphatic carbocycles. The first-order valence-electron chi connectivity index (χ1n) is 11.1. The summed E-state index contributed by atoms with van der Waals surface area (Å²) in [5.41, 5.74) is 1.58. The largest absolute Gasteiger partial charge is 0.418 e. The number of carbonyl (C=O) groups excluding carboxylic acids is 1. The van der Waals surface area contributed by atoms with Gasteiger partial charge in [-0.3, -0.25) is 4.79 Å². The third-order valence-corrected chi connectivity index (χ3v) is 7.02. The van der Waals surface area contributed by atoms with Gasteiger partial charge in [0.25, 0.3) is 5.91 Å². The normalized spacial score (nSPS) is 11.8. The van der Waals surface area contributed by atoms with Crippen LogP contribution in [0.3, 0.4) is 0 Å². The lowest BCUT2D eigenvalue weighted by Gasteiger charge is -2.20. The number of hydrogen-bond acceptors (Lipinski definition) is 5. The minimum absolute atomic E-state index is 0.285. The van der Waals surface area contributed by atoms with E-state index >= 15 is 0 Å². The molecule has 4 aromatic rings. The zero-order valence-corrected chi connectivity index (χ0v) is 20.8. The Labute approximate surface area is 205 Å². The molecular formula is C26H25F3N4OS. The molecule has 0 radical (unpaired) electrons. The fraction of sp³-hybridized carbons (Fsp3) is 0.269. The molecule has 2 heterocycles. The van der Waals surface area contributed by atoms with Gasteiger partial charge in [-0.1, -0.05) is 38.1 Å². The number of benzene rings is 2. The molecule has 0 fully saturated rings. The minimum Gasteiger partial charge on any atom is -0.329 e. The molecule has 0 spiro atoms. The van der Waals surface area contributed by atoms with Crippen LogP contribution >= 0.6 is 11.3 Å². The zero-order chi connectivity index (χ0) is 25.5. The van der Waals surface area contributed by atoms with Crippen LogP contribution in [0.1, 0.15) is 52.0 Å². The predicted octanol–water partition coefficient (Wildman–Crippen LogP) is 7.47. The van der Waals surface area contributed by atoms with Crippen LogP contribution in [0.2, 0.25) is 0 Å². The van der Waals surface area contributed by atoms with Gasteiger partial charge < -0.3 is 10.2 Å². The highest BCUT2D eigenvalue weighted by Gasteiger charge is 2.34. The van der Waals surface area contributed by atoms with Crippen molar-refractivity contribution in [3.8, 4) is 0 Å². The fourth-order valence-corrected chi connectivity index (χ4v) is 5.02. The van der Waals surface area contributed by atoms with E-state index in [0.29, 0.717) is 38.2 Å². The van der Waals surface area contributed by atoms with E-state index in [1.54, 1.807) is 13.8 Å². The van der Waals surface area contributed by atoms with E-state index in [0.717, 1.165) is 23.1 Å². The van der Waals surface area contributed by atoms with Crippen molar-refractivity contribution in [3.63, 3.8) is 0 Å². The minimum atomic E-state index is -4.58. The highest BCUT2D eigenvalue weighted by molar-refractivity contribution is 7.20. The second kappa shape index (κ2) is 9.30. The molecule has 0 aliphatic rings. The maximum absolute atomic E-state index is 13.4. The first kappa shape index (κ1) is 24.7. The summed E-state index contributed by atoms with van der Waals surface area (Å²) in [6.45, 7) is 7.79. The van der Waals surface area contributed by atoms with Gasteiger partial charge in [-0.05, 0) is 55.2 Å². The lowest BCUT2D eigenvalue weighted by atomic mass is 10.0. The highest BCUT2D eigenvalue weighted by Crippen LogP contribution is 2.39. The molecule has 0 bridgehead atoms. The number of hydrogen-bond donors (Lipinski definition) is 1. The van der Waals surface area contributed by atoms with Crippen molar-refractivity contribution in [1.29, 1.82) is 0 Å². The van der Waals surface area contributed by atoms with Crippen LogP contribution < -0.4 is 10.2 Å². The van der Waals surface area contributed by atoms with Gasteiger partial charge in [0.05, 0.1) is 21.5 Å². The van der Waals surface area contributed by atoms with Crippen LogP contribution in [0.15, 0.2) is 48.5 Å². The zero-order valence-electron chi connectivity index (χ0n) is 20.0. The lowest BCUT2D eigenvalue weighted by molar-refractivity contribution is -0.136.